The molecule has 0 radical (unpaired) electrons. The average molecular weight is 488 g/mol. The van der Waals surface area contributed by atoms with E-state index < -0.39 is 24.2 Å². The van der Waals surface area contributed by atoms with E-state index in [1.807, 2.05) is 19.0 Å². The van der Waals surface area contributed by atoms with Crippen molar-refractivity contribution in [1.82, 2.24) is 20.1 Å². The molecular weight excluding hydrogens is 459 g/mol. The highest BCUT2D eigenvalue weighted by atomic mass is 19.4. The van der Waals surface area contributed by atoms with E-state index in [0.29, 0.717) is 24.0 Å². The average Bonchev–Trinajstić information content (AvgIpc) is 3.19. The van der Waals surface area contributed by atoms with Gasteiger partial charge in [0.2, 0.25) is 0 Å². The number of fused-ring (bicyclic) bond motifs is 3. The number of hydrogen-bond donors (Lipinski definition) is 3. The quantitative estimate of drug-likeness (QED) is 0.447. The number of aromatic amines is 1. The van der Waals surface area contributed by atoms with Gasteiger partial charge in [0.15, 0.2) is 6.04 Å². The first-order chi connectivity index (χ1) is 16.7. The van der Waals surface area contributed by atoms with Crippen molar-refractivity contribution >= 4 is 28.5 Å². The van der Waals surface area contributed by atoms with Crippen molar-refractivity contribution in [1.29, 1.82) is 0 Å². The lowest BCUT2D eigenvalue weighted by Crippen LogP contribution is -2.46. The third-order valence-corrected chi connectivity index (χ3v) is 6.08. The number of nitrogens with zero attached hydrogens (tertiary/aromatic N) is 2. The lowest BCUT2D eigenvalue weighted by atomic mass is 9.95. The molecule has 0 fully saturated rings. The summed E-state index contributed by atoms with van der Waals surface area (Å²) in [5.74, 6) is -0.792. The summed E-state index contributed by atoms with van der Waals surface area (Å²) >= 11 is 0. The SMILES string of the molecule is CN(C)CCCNC(=O)Nc1ccccc1C(=O)N1CCc2c([nH]c3ccccc23)C1C(F)(F)F. The van der Waals surface area contributed by atoms with Crippen LogP contribution in [0.3, 0.4) is 0 Å². The van der Waals surface area contributed by atoms with Crippen LogP contribution < -0.4 is 10.6 Å². The van der Waals surface area contributed by atoms with E-state index in [1.54, 1.807) is 36.4 Å². The first kappa shape index (κ1) is 24.6. The molecule has 1 aromatic heterocycles. The Bertz CT molecular complexity index is 1220. The minimum Gasteiger partial charge on any atom is -0.356 e. The standard InChI is InChI=1S/C25H28F3N5O2/c1-32(2)14-7-13-29-24(35)31-20-11-6-4-9-18(20)23(34)33-15-12-17-16-8-3-5-10-19(16)30-21(17)22(33)25(26,27)28/h3-6,8-11,22,30H,7,12-15H2,1-2H3,(H2,29,31,35). The summed E-state index contributed by atoms with van der Waals surface area (Å²) in [6, 6.07) is 10.5. The van der Waals surface area contributed by atoms with Gasteiger partial charge < -0.3 is 25.4 Å². The van der Waals surface area contributed by atoms with E-state index in [1.165, 1.54) is 12.1 Å². The fraction of sp³-hybridized carbons (Fsp3) is 0.360. The molecular formula is C25H28F3N5O2. The van der Waals surface area contributed by atoms with Gasteiger partial charge in [-0.3, -0.25) is 4.79 Å². The molecule has 186 valence electrons. The number of H-pyrrole nitrogens is 1. The summed E-state index contributed by atoms with van der Waals surface area (Å²) in [5, 5.41) is 6.05. The van der Waals surface area contributed by atoms with E-state index >= 15 is 0 Å². The molecule has 35 heavy (non-hydrogen) atoms. The second kappa shape index (κ2) is 9.99. The van der Waals surface area contributed by atoms with Gasteiger partial charge in [-0.15, -0.1) is 0 Å². The largest absolute Gasteiger partial charge is 0.414 e. The molecule has 1 unspecified atom stereocenters. The number of benzene rings is 2. The Morgan fingerprint density at radius 1 is 1.11 bits per heavy atom. The number of aromatic nitrogens is 1. The van der Waals surface area contributed by atoms with E-state index in [0.717, 1.165) is 23.3 Å². The fourth-order valence-corrected chi connectivity index (χ4v) is 4.50. The van der Waals surface area contributed by atoms with Gasteiger partial charge in [-0.1, -0.05) is 30.3 Å². The summed E-state index contributed by atoms with van der Waals surface area (Å²) in [5.41, 5.74) is 1.34. The van der Waals surface area contributed by atoms with Gasteiger partial charge >= 0.3 is 12.2 Å². The molecule has 3 N–H and O–H groups in total. The summed E-state index contributed by atoms with van der Waals surface area (Å²) in [6.07, 6.45) is -3.66. The van der Waals surface area contributed by atoms with Gasteiger partial charge in [0.05, 0.1) is 16.9 Å². The van der Waals surface area contributed by atoms with Crippen molar-refractivity contribution in [3.8, 4) is 0 Å². The van der Waals surface area contributed by atoms with Gasteiger partial charge in [-0.25, -0.2) is 4.79 Å². The number of nitrogens with one attached hydrogen (secondary N) is 3. The first-order valence-electron chi connectivity index (χ1n) is 11.4. The van der Waals surface area contributed by atoms with Crippen LogP contribution in [0.4, 0.5) is 23.7 Å². The zero-order valence-corrected chi connectivity index (χ0v) is 19.6. The van der Waals surface area contributed by atoms with E-state index in [-0.39, 0.29) is 23.5 Å². The van der Waals surface area contributed by atoms with Crippen LogP contribution >= 0.6 is 0 Å². The number of carbonyl (C=O) groups excluding carboxylic acids is 2. The van der Waals surface area contributed by atoms with Crippen LogP contribution in [0.15, 0.2) is 48.5 Å². The molecule has 1 aliphatic rings. The van der Waals surface area contributed by atoms with Crippen molar-refractivity contribution in [2.45, 2.75) is 25.1 Å². The molecule has 0 spiro atoms. The molecule has 3 aromatic rings. The van der Waals surface area contributed by atoms with Crippen molar-refractivity contribution in [2.24, 2.45) is 0 Å². The Balaban J connectivity index is 1.59. The van der Waals surface area contributed by atoms with Gasteiger partial charge in [-0.2, -0.15) is 13.2 Å². The number of hydrogen-bond acceptors (Lipinski definition) is 3. The van der Waals surface area contributed by atoms with Crippen LogP contribution in [0.5, 0.6) is 0 Å². The third-order valence-electron chi connectivity index (χ3n) is 6.08. The number of urea groups is 1. The van der Waals surface area contributed by atoms with Crippen LogP contribution in [0.1, 0.15) is 34.1 Å². The topological polar surface area (TPSA) is 80.5 Å². The zero-order valence-electron chi connectivity index (χ0n) is 19.6. The Morgan fingerprint density at radius 2 is 1.83 bits per heavy atom. The molecule has 3 amide bonds. The van der Waals surface area contributed by atoms with Gasteiger partial charge in [0.25, 0.3) is 5.91 Å². The van der Waals surface area contributed by atoms with Crippen molar-refractivity contribution < 1.29 is 22.8 Å². The van der Waals surface area contributed by atoms with Crippen molar-refractivity contribution in [2.75, 3.05) is 39.0 Å². The molecule has 7 nitrogen and oxygen atoms in total. The number of carbonyl (C=O) groups is 2. The van der Waals surface area contributed by atoms with E-state index in [9.17, 15) is 22.8 Å². The Hall–Kier alpha value is -3.53. The fourth-order valence-electron chi connectivity index (χ4n) is 4.50. The number of rotatable bonds is 6. The first-order valence-corrected chi connectivity index (χ1v) is 11.4. The van der Waals surface area contributed by atoms with Crippen LogP contribution in [0.2, 0.25) is 0 Å². The van der Waals surface area contributed by atoms with Crippen LogP contribution in [0, 0.1) is 0 Å². The van der Waals surface area contributed by atoms with Crippen LogP contribution in [0.25, 0.3) is 10.9 Å². The summed E-state index contributed by atoms with van der Waals surface area (Å²) in [7, 11) is 3.85. The third kappa shape index (κ3) is 5.27. The monoisotopic (exact) mass is 487 g/mol. The molecule has 0 aliphatic carbocycles. The van der Waals surface area contributed by atoms with Crippen LogP contribution in [-0.4, -0.2) is 66.6 Å². The molecule has 0 saturated heterocycles. The number of halogens is 3. The smallest absolute Gasteiger partial charge is 0.356 e. The maximum Gasteiger partial charge on any atom is 0.414 e. The number of para-hydroxylation sites is 2. The maximum atomic E-state index is 14.3. The summed E-state index contributed by atoms with van der Waals surface area (Å²) < 4.78 is 43.0. The van der Waals surface area contributed by atoms with Gasteiger partial charge in [0.1, 0.15) is 0 Å². The lowest BCUT2D eigenvalue weighted by molar-refractivity contribution is -0.182. The normalized spacial score (nSPS) is 15.8. The second-order valence-corrected chi connectivity index (χ2v) is 8.84. The number of alkyl halides is 3. The number of amides is 3. The summed E-state index contributed by atoms with van der Waals surface area (Å²) in [6.45, 7) is 1.12. The number of anilines is 1. The second-order valence-electron chi connectivity index (χ2n) is 8.84. The zero-order chi connectivity index (χ0) is 25.2. The molecule has 1 aliphatic heterocycles. The predicted octanol–water partition coefficient (Wildman–Crippen LogP) is 4.54. The molecule has 10 heteroatoms. The van der Waals surface area contributed by atoms with E-state index in [4.69, 9.17) is 0 Å². The highest BCUT2D eigenvalue weighted by Crippen LogP contribution is 2.44. The highest BCUT2D eigenvalue weighted by molar-refractivity contribution is 6.04. The Kier molecular flexibility index (Phi) is 7.02. The molecule has 0 bridgehead atoms. The lowest BCUT2D eigenvalue weighted by Gasteiger charge is -2.37. The van der Waals surface area contributed by atoms with Crippen LogP contribution in [-0.2, 0) is 6.42 Å². The maximum absolute atomic E-state index is 14.3. The Labute approximate surface area is 201 Å². The van der Waals surface area contributed by atoms with Gasteiger partial charge in [-0.05, 0) is 57.2 Å². The highest BCUT2D eigenvalue weighted by Gasteiger charge is 2.50. The molecule has 1 atom stereocenters. The molecule has 2 heterocycles. The van der Waals surface area contributed by atoms with Crippen molar-refractivity contribution in [3.63, 3.8) is 0 Å². The van der Waals surface area contributed by atoms with Crippen molar-refractivity contribution in [3.05, 3.63) is 65.4 Å². The molecule has 2 aromatic carbocycles. The predicted molar refractivity (Wildman–Crippen MR) is 128 cm³/mol. The minimum absolute atomic E-state index is 0.00440. The minimum atomic E-state index is -4.68. The Morgan fingerprint density at radius 3 is 2.57 bits per heavy atom. The summed E-state index contributed by atoms with van der Waals surface area (Å²) in [4.78, 5) is 31.5. The molecule has 0 saturated carbocycles. The molecule has 4 rings (SSSR count). The van der Waals surface area contributed by atoms with E-state index in [2.05, 4.69) is 15.6 Å². The van der Waals surface area contributed by atoms with Gasteiger partial charge in [0, 0.05) is 24.0 Å².